The number of anilines is 1. The average molecular weight is 527 g/mol. The molecule has 0 fully saturated rings. The van der Waals surface area contributed by atoms with Crippen LogP contribution in [0.4, 0.5) is 10.1 Å². The van der Waals surface area contributed by atoms with Crippen molar-refractivity contribution in [2.45, 2.75) is 13.5 Å². The summed E-state index contributed by atoms with van der Waals surface area (Å²) in [6.07, 6.45) is 0. The highest BCUT2D eigenvalue weighted by Gasteiger charge is 2.20. The van der Waals surface area contributed by atoms with Crippen LogP contribution >= 0.6 is 23.2 Å². The van der Waals surface area contributed by atoms with Crippen LogP contribution in [0, 0.1) is 12.7 Å². The third-order valence-electron chi connectivity index (χ3n) is 5.78. The molecule has 3 aromatic heterocycles. The van der Waals surface area contributed by atoms with Crippen molar-refractivity contribution in [3.63, 3.8) is 0 Å². The third kappa shape index (κ3) is 3.94. The number of benzene rings is 2. The van der Waals surface area contributed by atoms with E-state index in [-0.39, 0.29) is 44.8 Å². The molecule has 0 spiro atoms. The first kappa shape index (κ1) is 23.7. The van der Waals surface area contributed by atoms with Gasteiger partial charge in [-0.2, -0.15) is 5.10 Å². The SMILES string of the molecule is Cc1nc2c(F)ccc(NC(=O)c3cc(Cl)c(O)c(Cl)n3)c2c(=O)n1Cc1nn(C)c2ccccc12. The van der Waals surface area contributed by atoms with Crippen molar-refractivity contribution in [1.29, 1.82) is 0 Å². The van der Waals surface area contributed by atoms with Gasteiger partial charge >= 0.3 is 0 Å². The number of amides is 1. The largest absolute Gasteiger partial charge is 0.504 e. The molecule has 0 aliphatic carbocycles. The Kier molecular flexibility index (Phi) is 5.85. The van der Waals surface area contributed by atoms with Crippen LogP contribution in [-0.2, 0) is 13.6 Å². The Morgan fingerprint density at radius 1 is 1.17 bits per heavy atom. The number of nitrogens with zero attached hydrogens (tertiary/aromatic N) is 5. The quantitative estimate of drug-likeness (QED) is 0.334. The van der Waals surface area contributed by atoms with Crippen molar-refractivity contribution < 1.29 is 14.3 Å². The minimum Gasteiger partial charge on any atom is -0.504 e. The van der Waals surface area contributed by atoms with Gasteiger partial charge in [-0.15, -0.1) is 0 Å². The molecule has 1 amide bonds. The van der Waals surface area contributed by atoms with Crippen molar-refractivity contribution in [1.82, 2.24) is 24.3 Å². The van der Waals surface area contributed by atoms with E-state index in [0.717, 1.165) is 23.0 Å². The van der Waals surface area contributed by atoms with Crippen molar-refractivity contribution in [2.75, 3.05) is 5.32 Å². The molecule has 0 atom stereocenters. The van der Waals surface area contributed by atoms with E-state index in [2.05, 4.69) is 20.4 Å². The van der Waals surface area contributed by atoms with Crippen LogP contribution in [0.15, 0.2) is 47.3 Å². The maximum absolute atomic E-state index is 14.7. The first-order chi connectivity index (χ1) is 17.2. The summed E-state index contributed by atoms with van der Waals surface area (Å²) in [4.78, 5) is 34.6. The summed E-state index contributed by atoms with van der Waals surface area (Å²) >= 11 is 11.7. The van der Waals surface area contributed by atoms with Gasteiger partial charge in [-0.1, -0.05) is 41.4 Å². The van der Waals surface area contributed by atoms with Crippen molar-refractivity contribution in [3.8, 4) is 5.75 Å². The van der Waals surface area contributed by atoms with E-state index < -0.39 is 23.0 Å². The van der Waals surface area contributed by atoms with E-state index in [1.807, 2.05) is 24.3 Å². The predicted molar refractivity (Wildman–Crippen MR) is 134 cm³/mol. The highest BCUT2D eigenvalue weighted by Crippen LogP contribution is 2.31. The number of aromatic hydroxyl groups is 1. The Hall–Kier alpha value is -4.02. The van der Waals surface area contributed by atoms with Gasteiger partial charge in [0.2, 0.25) is 0 Å². The standard InChI is InChI=1S/C24H17Cl2FN6O3/c1-11-28-20-14(27)7-8-15(30-23(35)16-9-13(25)21(34)22(26)29-16)19(20)24(36)33(11)10-17-12-5-3-4-6-18(12)32(2)31-17/h3-9,34H,10H2,1-2H3,(H,30,35). The number of aryl methyl sites for hydroxylation is 2. The zero-order valence-electron chi connectivity index (χ0n) is 18.9. The second-order valence-electron chi connectivity index (χ2n) is 8.04. The molecule has 0 aliphatic heterocycles. The summed E-state index contributed by atoms with van der Waals surface area (Å²) in [7, 11) is 1.80. The van der Waals surface area contributed by atoms with Gasteiger partial charge in [-0.25, -0.2) is 14.4 Å². The Labute approximate surface area is 212 Å². The fourth-order valence-corrected chi connectivity index (χ4v) is 4.46. The van der Waals surface area contributed by atoms with E-state index in [1.54, 1.807) is 18.7 Å². The summed E-state index contributed by atoms with van der Waals surface area (Å²) in [6, 6.07) is 11.1. The Morgan fingerprint density at radius 3 is 2.67 bits per heavy atom. The molecule has 0 aliphatic rings. The highest BCUT2D eigenvalue weighted by atomic mass is 35.5. The van der Waals surface area contributed by atoms with E-state index in [1.165, 1.54) is 10.6 Å². The molecule has 2 N–H and O–H groups in total. The molecule has 12 heteroatoms. The number of aromatic nitrogens is 5. The second-order valence-corrected chi connectivity index (χ2v) is 8.80. The Balaban J connectivity index is 1.62. The lowest BCUT2D eigenvalue weighted by Crippen LogP contribution is -2.26. The fourth-order valence-electron chi connectivity index (χ4n) is 4.02. The lowest BCUT2D eigenvalue weighted by atomic mass is 10.1. The molecule has 0 radical (unpaired) electrons. The van der Waals surface area contributed by atoms with Gasteiger partial charge in [0.25, 0.3) is 11.5 Å². The fraction of sp³-hybridized carbons (Fsp3) is 0.125. The van der Waals surface area contributed by atoms with Gasteiger partial charge in [-0.05, 0) is 31.2 Å². The maximum atomic E-state index is 14.7. The van der Waals surface area contributed by atoms with Crippen LogP contribution in [0.1, 0.15) is 22.0 Å². The minimum absolute atomic E-state index is 0.0237. The summed E-state index contributed by atoms with van der Waals surface area (Å²) in [5.74, 6) is -1.67. The number of hydrogen-bond donors (Lipinski definition) is 2. The lowest BCUT2D eigenvalue weighted by Gasteiger charge is -2.13. The summed E-state index contributed by atoms with van der Waals surface area (Å²) < 4.78 is 17.8. The first-order valence-corrected chi connectivity index (χ1v) is 11.4. The molecule has 0 bridgehead atoms. The van der Waals surface area contributed by atoms with E-state index in [0.29, 0.717) is 5.69 Å². The number of hydrogen-bond acceptors (Lipinski definition) is 6. The van der Waals surface area contributed by atoms with Crippen LogP contribution in [0.25, 0.3) is 21.8 Å². The third-order valence-corrected chi connectivity index (χ3v) is 6.33. The zero-order valence-corrected chi connectivity index (χ0v) is 20.4. The predicted octanol–water partition coefficient (Wildman–Crippen LogP) is 4.44. The zero-order chi connectivity index (χ0) is 25.7. The van der Waals surface area contributed by atoms with Gasteiger partial charge < -0.3 is 10.4 Å². The Bertz CT molecular complexity index is 1740. The molecule has 9 nitrogen and oxygen atoms in total. The number of pyridine rings is 1. The highest BCUT2D eigenvalue weighted by molar-refractivity contribution is 6.36. The van der Waals surface area contributed by atoms with Crippen LogP contribution in [0.2, 0.25) is 10.2 Å². The number of nitrogens with one attached hydrogen (secondary N) is 1. The second kappa shape index (κ2) is 8.89. The topological polar surface area (TPSA) is 115 Å². The molecule has 182 valence electrons. The molecule has 36 heavy (non-hydrogen) atoms. The smallest absolute Gasteiger partial charge is 0.274 e. The Morgan fingerprint density at radius 2 is 1.92 bits per heavy atom. The summed E-state index contributed by atoms with van der Waals surface area (Å²) in [5.41, 5.74) is 0.601. The minimum atomic E-state index is -0.769. The first-order valence-electron chi connectivity index (χ1n) is 10.6. The van der Waals surface area contributed by atoms with Gasteiger partial charge in [-0.3, -0.25) is 18.8 Å². The molecular weight excluding hydrogens is 510 g/mol. The molecule has 2 aromatic carbocycles. The monoisotopic (exact) mass is 526 g/mol. The van der Waals surface area contributed by atoms with Crippen molar-refractivity contribution >= 4 is 56.6 Å². The number of fused-ring (bicyclic) bond motifs is 2. The lowest BCUT2D eigenvalue weighted by molar-refractivity contribution is 0.102. The average Bonchev–Trinajstić information content (AvgIpc) is 3.17. The molecule has 5 aromatic rings. The van der Waals surface area contributed by atoms with E-state index in [4.69, 9.17) is 23.2 Å². The summed E-state index contributed by atoms with van der Waals surface area (Å²) in [5, 5.41) is 17.0. The van der Waals surface area contributed by atoms with Gasteiger partial charge in [0, 0.05) is 12.4 Å². The number of para-hydroxylation sites is 1. The van der Waals surface area contributed by atoms with Gasteiger partial charge in [0.15, 0.2) is 10.9 Å². The number of carbonyl (C=O) groups excluding carboxylic acids is 1. The number of carbonyl (C=O) groups is 1. The van der Waals surface area contributed by atoms with Crippen LogP contribution < -0.4 is 10.9 Å². The van der Waals surface area contributed by atoms with Crippen molar-refractivity contribution in [2.24, 2.45) is 7.05 Å². The molecule has 0 saturated heterocycles. The van der Waals surface area contributed by atoms with Gasteiger partial charge in [0.05, 0.1) is 33.9 Å². The van der Waals surface area contributed by atoms with Crippen LogP contribution in [0.5, 0.6) is 5.75 Å². The molecular formula is C24H17Cl2FN6O3. The van der Waals surface area contributed by atoms with E-state index in [9.17, 15) is 19.1 Å². The van der Waals surface area contributed by atoms with Crippen LogP contribution in [-0.4, -0.2) is 35.3 Å². The normalized spacial score (nSPS) is 11.4. The number of halogens is 3. The molecule has 0 saturated carbocycles. The molecule has 5 rings (SSSR count). The number of rotatable bonds is 4. The van der Waals surface area contributed by atoms with Crippen molar-refractivity contribution in [3.05, 3.63) is 86.0 Å². The van der Waals surface area contributed by atoms with E-state index >= 15 is 0 Å². The molecule has 0 unspecified atom stereocenters. The summed E-state index contributed by atoms with van der Waals surface area (Å²) in [6.45, 7) is 1.69. The van der Waals surface area contributed by atoms with Gasteiger partial charge in [0.1, 0.15) is 22.9 Å². The maximum Gasteiger partial charge on any atom is 0.274 e. The molecule has 3 heterocycles. The van der Waals surface area contributed by atoms with Crippen LogP contribution in [0.3, 0.4) is 0 Å².